The van der Waals surface area contributed by atoms with Crippen LogP contribution in [0.15, 0.2) is 36.8 Å². The number of pyridine rings is 2. The van der Waals surface area contributed by atoms with Gasteiger partial charge in [0.25, 0.3) is 0 Å². The van der Waals surface area contributed by atoms with Crippen molar-refractivity contribution in [3.63, 3.8) is 0 Å². The first-order chi connectivity index (χ1) is 15.6. The van der Waals surface area contributed by atoms with Gasteiger partial charge in [-0.1, -0.05) is 0 Å². The number of nitrogens with one attached hydrogen (secondary N) is 2. The van der Waals surface area contributed by atoms with Gasteiger partial charge in [-0.05, 0) is 38.0 Å². The van der Waals surface area contributed by atoms with Gasteiger partial charge in [0.05, 0.1) is 27.8 Å². The molecule has 0 amide bonds. The molecule has 1 fully saturated rings. The summed E-state index contributed by atoms with van der Waals surface area (Å²) in [7, 11) is 0. The van der Waals surface area contributed by atoms with Gasteiger partial charge in [-0.3, -0.25) is 4.98 Å². The van der Waals surface area contributed by atoms with E-state index in [0.29, 0.717) is 30.0 Å². The molecule has 7 nitrogen and oxygen atoms in total. The van der Waals surface area contributed by atoms with E-state index < -0.39 is 0 Å². The van der Waals surface area contributed by atoms with E-state index in [2.05, 4.69) is 31.2 Å². The van der Waals surface area contributed by atoms with E-state index in [4.69, 9.17) is 5.73 Å². The highest BCUT2D eigenvalue weighted by Gasteiger charge is 2.29. The van der Waals surface area contributed by atoms with Crippen molar-refractivity contribution in [2.45, 2.75) is 25.8 Å². The number of nitriles is 1. The van der Waals surface area contributed by atoms with E-state index in [1.54, 1.807) is 18.5 Å². The van der Waals surface area contributed by atoms with Crippen molar-refractivity contribution in [1.29, 1.82) is 5.26 Å². The molecule has 162 valence electrons. The molecule has 4 N–H and O–H groups in total. The third-order valence-electron chi connectivity index (χ3n) is 6.15. The molecule has 1 aliphatic rings. The number of hydrogen-bond donors (Lipinski definition) is 3. The number of halogens is 1. The van der Waals surface area contributed by atoms with Gasteiger partial charge < -0.3 is 20.9 Å². The van der Waals surface area contributed by atoms with E-state index in [1.807, 2.05) is 13.0 Å². The molecule has 1 atom stereocenters. The summed E-state index contributed by atoms with van der Waals surface area (Å²) in [4.78, 5) is 14.6. The Bertz CT molecular complexity index is 1350. The van der Waals surface area contributed by atoms with Gasteiger partial charge in [-0.2, -0.15) is 5.26 Å². The molecule has 1 saturated heterocycles. The van der Waals surface area contributed by atoms with Crippen molar-refractivity contribution >= 4 is 33.3 Å². The van der Waals surface area contributed by atoms with Crippen LogP contribution in [0.5, 0.6) is 0 Å². The Balaban J connectivity index is 1.87. The summed E-state index contributed by atoms with van der Waals surface area (Å²) in [5, 5.41) is 14.3. The van der Waals surface area contributed by atoms with E-state index >= 15 is 0 Å². The van der Waals surface area contributed by atoms with Crippen molar-refractivity contribution in [1.82, 2.24) is 15.0 Å². The number of nitrogens with zero attached hydrogens (tertiary/aromatic N) is 4. The number of aromatic nitrogens is 3. The second-order valence-electron chi connectivity index (χ2n) is 8.07. The van der Waals surface area contributed by atoms with Crippen LogP contribution in [0.2, 0.25) is 0 Å². The van der Waals surface area contributed by atoms with Gasteiger partial charge in [-0.15, -0.1) is 0 Å². The lowest BCUT2D eigenvalue weighted by Crippen LogP contribution is -2.35. The molecule has 8 heteroatoms. The normalized spacial score (nSPS) is 16.1. The predicted octanol–water partition coefficient (Wildman–Crippen LogP) is 4.15. The quantitative estimate of drug-likeness (QED) is 0.440. The van der Waals surface area contributed by atoms with Gasteiger partial charge >= 0.3 is 0 Å². The molecule has 32 heavy (non-hydrogen) atoms. The molecule has 0 bridgehead atoms. The molecule has 0 radical (unpaired) electrons. The fourth-order valence-electron chi connectivity index (χ4n) is 4.77. The molecule has 0 spiro atoms. The second kappa shape index (κ2) is 8.09. The Hall–Kier alpha value is -3.70. The monoisotopic (exact) mass is 429 g/mol. The number of hydrogen-bond acceptors (Lipinski definition) is 6. The SMILES string of the molecule is CCNc1cc(F)cc2c1[nH]c1ncc(-c3cncc(C#N)c3)c(N3CCC[C@H]3CN)c12. The molecule has 5 rings (SSSR count). The number of rotatable bonds is 5. The number of aromatic amines is 1. The number of H-pyrrole nitrogens is 1. The molecule has 4 heterocycles. The van der Waals surface area contributed by atoms with Crippen LogP contribution in [-0.2, 0) is 0 Å². The van der Waals surface area contributed by atoms with Gasteiger partial charge in [0, 0.05) is 60.8 Å². The van der Waals surface area contributed by atoms with E-state index in [1.165, 1.54) is 12.3 Å². The lowest BCUT2D eigenvalue weighted by molar-refractivity contribution is 0.630. The number of nitrogens with two attached hydrogens (primary N) is 1. The van der Waals surface area contributed by atoms with Crippen molar-refractivity contribution in [2.24, 2.45) is 5.73 Å². The minimum atomic E-state index is -0.310. The first kappa shape index (κ1) is 20.2. The van der Waals surface area contributed by atoms with Crippen LogP contribution < -0.4 is 16.0 Å². The first-order valence-corrected chi connectivity index (χ1v) is 10.8. The minimum absolute atomic E-state index is 0.179. The van der Waals surface area contributed by atoms with Crippen LogP contribution in [0, 0.1) is 17.1 Å². The second-order valence-corrected chi connectivity index (χ2v) is 8.07. The maximum atomic E-state index is 14.6. The highest BCUT2D eigenvalue weighted by Crippen LogP contribution is 2.44. The number of benzene rings is 1. The molecule has 3 aromatic heterocycles. The number of fused-ring (bicyclic) bond motifs is 3. The highest BCUT2D eigenvalue weighted by atomic mass is 19.1. The maximum absolute atomic E-state index is 14.6. The van der Waals surface area contributed by atoms with Crippen LogP contribution in [0.25, 0.3) is 33.1 Å². The van der Waals surface area contributed by atoms with Crippen LogP contribution in [-0.4, -0.2) is 40.6 Å². The van der Waals surface area contributed by atoms with Gasteiger partial charge in [-0.25, -0.2) is 9.37 Å². The van der Waals surface area contributed by atoms with E-state index in [0.717, 1.165) is 52.5 Å². The summed E-state index contributed by atoms with van der Waals surface area (Å²) in [6, 6.07) is 7.20. The summed E-state index contributed by atoms with van der Waals surface area (Å²) < 4.78 is 14.6. The van der Waals surface area contributed by atoms with E-state index in [-0.39, 0.29) is 11.9 Å². The Morgan fingerprint density at radius 2 is 2.19 bits per heavy atom. The Morgan fingerprint density at radius 1 is 1.31 bits per heavy atom. The fraction of sp³-hybridized carbons (Fsp3) is 0.292. The summed E-state index contributed by atoms with van der Waals surface area (Å²) in [5.74, 6) is -0.310. The van der Waals surface area contributed by atoms with Gasteiger partial charge in [0.15, 0.2) is 0 Å². The Kier molecular flexibility index (Phi) is 5.11. The van der Waals surface area contributed by atoms with Crippen LogP contribution in [0.4, 0.5) is 15.8 Å². The largest absolute Gasteiger partial charge is 0.384 e. The van der Waals surface area contributed by atoms with Crippen molar-refractivity contribution in [2.75, 3.05) is 29.9 Å². The topological polar surface area (TPSA) is 107 Å². The molecule has 1 aliphatic heterocycles. The minimum Gasteiger partial charge on any atom is -0.384 e. The zero-order valence-corrected chi connectivity index (χ0v) is 17.8. The van der Waals surface area contributed by atoms with Crippen LogP contribution >= 0.6 is 0 Å². The van der Waals surface area contributed by atoms with Crippen LogP contribution in [0.3, 0.4) is 0 Å². The fourth-order valence-corrected chi connectivity index (χ4v) is 4.77. The van der Waals surface area contributed by atoms with Gasteiger partial charge in [0.2, 0.25) is 0 Å². The molecule has 1 aromatic carbocycles. The summed E-state index contributed by atoms with van der Waals surface area (Å²) in [6.45, 7) is 4.03. The highest BCUT2D eigenvalue weighted by molar-refractivity contribution is 6.17. The average molecular weight is 430 g/mol. The first-order valence-electron chi connectivity index (χ1n) is 10.8. The number of anilines is 2. The van der Waals surface area contributed by atoms with Crippen molar-refractivity contribution in [3.8, 4) is 17.2 Å². The summed E-state index contributed by atoms with van der Waals surface area (Å²) >= 11 is 0. The van der Waals surface area contributed by atoms with E-state index in [9.17, 15) is 9.65 Å². The van der Waals surface area contributed by atoms with Crippen molar-refractivity contribution < 1.29 is 4.39 Å². The maximum Gasteiger partial charge on any atom is 0.140 e. The van der Waals surface area contributed by atoms with Crippen LogP contribution in [0.1, 0.15) is 25.3 Å². The lowest BCUT2D eigenvalue weighted by Gasteiger charge is -2.29. The molecule has 4 aromatic rings. The molecule has 0 unspecified atom stereocenters. The lowest BCUT2D eigenvalue weighted by atomic mass is 10.0. The standard InChI is InChI=1S/C24H24FN7/c1-2-29-20-8-16(25)7-18-21-23(32-5-3-4-17(32)10-27)19(13-30-24(21)31-22(18)20)15-6-14(9-26)11-28-12-15/h6-8,11-13,17,29H,2-5,10,27H2,1H3,(H,30,31)/t17-/m0/s1. The zero-order chi connectivity index (χ0) is 22.2. The van der Waals surface area contributed by atoms with Gasteiger partial charge in [0.1, 0.15) is 17.5 Å². The third-order valence-corrected chi connectivity index (χ3v) is 6.15. The Labute approximate surface area is 185 Å². The molecule has 0 saturated carbocycles. The summed E-state index contributed by atoms with van der Waals surface area (Å²) in [5.41, 5.74) is 11.4. The zero-order valence-electron chi connectivity index (χ0n) is 17.8. The smallest absolute Gasteiger partial charge is 0.140 e. The molecular formula is C24H24FN7. The third kappa shape index (κ3) is 3.22. The predicted molar refractivity (Wildman–Crippen MR) is 125 cm³/mol. The summed E-state index contributed by atoms with van der Waals surface area (Å²) in [6.07, 6.45) is 7.11. The molecular weight excluding hydrogens is 405 g/mol. The molecule has 0 aliphatic carbocycles. The van der Waals surface area contributed by atoms with Crippen molar-refractivity contribution in [3.05, 3.63) is 48.2 Å². The average Bonchev–Trinajstić information content (AvgIpc) is 3.43. The Morgan fingerprint density at radius 3 is 2.97 bits per heavy atom.